The van der Waals surface area contributed by atoms with Crippen molar-refractivity contribution in [2.45, 2.75) is 105 Å². The molecule has 0 aromatic rings. The number of hydrogen-bond donors (Lipinski definition) is 0. The van der Waals surface area contributed by atoms with Crippen molar-refractivity contribution in [3.05, 3.63) is 36.2 Å². The number of unbranched alkanes of at least 4 members (excludes halogenated alkanes) is 1. The molecule has 3 nitrogen and oxygen atoms in total. The van der Waals surface area contributed by atoms with Gasteiger partial charge >= 0.3 is 0 Å². The fourth-order valence-electron chi connectivity index (χ4n) is 4.44. The highest BCUT2D eigenvalue weighted by Gasteiger charge is 2.31. The van der Waals surface area contributed by atoms with E-state index >= 15 is 0 Å². The standard InChI is InChI=1S/C26H47N3/c1-9-14-17-25-20-28(18-19-29(25)24(15-10-2)16-11-3)23(8)22(7)27-26(13-5)21(6)12-4/h13,24-25H,6,8-12,14-20H2,1-5,7H3/b26-13-,27-22?. The van der Waals surface area contributed by atoms with Gasteiger partial charge in [0.25, 0.3) is 0 Å². The number of piperazine rings is 1. The first-order valence-electron chi connectivity index (χ1n) is 12.0. The van der Waals surface area contributed by atoms with Crippen LogP contribution in [0.3, 0.4) is 0 Å². The lowest BCUT2D eigenvalue weighted by molar-refractivity contribution is 0.0445. The number of rotatable bonds is 13. The van der Waals surface area contributed by atoms with E-state index in [2.05, 4.69) is 63.7 Å². The zero-order valence-electron chi connectivity index (χ0n) is 20.3. The van der Waals surface area contributed by atoms with Crippen molar-refractivity contribution in [2.75, 3.05) is 19.6 Å². The summed E-state index contributed by atoms with van der Waals surface area (Å²) < 4.78 is 0. The average Bonchev–Trinajstić information content (AvgIpc) is 2.74. The summed E-state index contributed by atoms with van der Waals surface area (Å²) in [4.78, 5) is 10.2. The summed E-state index contributed by atoms with van der Waals surface area (Å²) in [5, 5.41) is 0. The van der Waals surface area contributed by atoms with E-state index in [-0.39, 0.29) is 0 Å². The smallest absolute Gasteiger partial charge is 0.0617 e. The van der Waals surface area contributed by atoms with Gasteiger partial charge in [-0.2, -0.15) is 0 Å². The molecule has 0 bridgehead atoms. The van der Waals surface area contributed by atoms with Crippen LogP contribution in [-0.4, -0.2) is 47.2 Å². The van der Waals surface area contributed by atoms with Gasteiger partial charge in [-0.15, -0.1) is 0 Å². The second-order valence-corrected chi connectivity index (χ2v) is 8.49. The van der Waals surface area contributed by atoms with Gasteiger partial charge in [-0.05, 0) is 45.1 Å². The third-order valence-corrected chi connectivity index (χ3v) is 6.28. The van der Waals surface area contributed by atoms with Gasteiger partial charge in [0.2, 0.25) is 0 Å². The Balaban J connectivity index is 2.94. The molecule has 0 spiro atoms. The Morgan fingerprint density at radius 2 is 1.72 bits per heavy atom. The van der Waals surface area contributed by atoms with Gasteiger partial charge in [-0.1, -0.05) is 72.6 Å². The molecule has 0 amide bonds. The lowest BCUT2D eigenvalue weighted by atomic mass is 9.97. The Morgan fingerprint density at radius 3 is 2.24 bits per heavy atom. The first-order valence-corrected chi connectivity index (χ1v) is 12.0. The number of allylic oxidation sites excluding steroid dienone is 3. The van der Waals surface area contributed by atoms with Crippen LogP contribution < -0.4 is 0 Å². The molecule has 0 aromatic heterocycles. The molecule has 1 rings (SSSR count). The molecule has 1 atom stereocenters. The van der Waals surface area contributed by atoms with E-state index in [4.69, 9.17) is 4.99 Å². The molecule has 0 radical (unpaired) electrons. The third kappa shape index (κ3) is 7.77. The molecule has 29 heavy (non-hydrogen) atoms. The number of aliphatic imine (C=N–C) groups is 1. The number of hydrogen-bond acceptors (Lipinski definition) is 3. The van der Waals surface area contributed by atoms with Crippen LogP contribution in [0, 0.1) is 0 Å². The molecule has 1 saturated heterocycles. The zero-order chi connectivity index (χ0) is 21.8. The van der Waals surface area contributed by atoms with Crippen molar-refractivity contribution in [2.24, 2.45) is 4.99 Å². The molecule has 0 saturated carbocycles. The molecular formula is C26H47N3. The van der Waals surface area contributed by atoms with Crippen molar-refractivity contribution in [1.82, 2.24) is 9.80 Å². The zero-order valence-corrected chi connectivity index (χ0v) is 20.3. The van der Waals surface area contributed by atoms with E-state index in [1.807, 2.05) is 6.92 Å². The minimum Gasteiger partial charge on any atom is -0.368 e. The van der Waals surface area contributed by atoms with Crippen LogP contribution in [0.4, 0.5) is 0 Å². The Bertz CT molecular complexity index is 567. The van der Waals surface area contributed by atoms with Gasteiger partial charge in [-0.3, -0.25) is 9.89 Å². The molecule has 0 aliphatic carbocycles. The topological polar surface area (TPSA) is 18.8 Å². The Kier molecular flexibility index (Phi) is 12.2. The monoisotopic (exact) mass is 401 g/mol. The normalized spacial score (nSPS) is 19.1. The lowest BCUT2D eigenvalue weighted by Crippen LogP contribution is -2.56. The molecule has 1 unspecified atom stereocenters. The Morgan fingerprint density at radius 1 is 1.07 bits per heavy atom. The van der Waals surface area contributed by atoms with Crippen molar-refractivity contribution in [3.63, 3.8) is 0 Å². The molecule has 1 fully saturated rings. The fourth-order valence-corrected chi connectivity index (χ4v) is 4.44. The van der Waals surface area contributed by atoms with Crippen molar-refractivity contribution >= 4 is 5.71 Å². The van der Waals surface area contributed by atoms with Crippen LogP contribution in [0.1, 0.15) is 92.9 Å². The highest BCUT2D eigenvalue weighted by atomic mass is 15.3. The largest absolute Gasteiger partial charge is 0.368 e. The molecule has 1 aliphatic rings. The summed E-state index contributed by atoms with van der Waals surface area (Å²) in [6, 6.07) is 1.36. The molecular weight excluding hydrogens is 354 g/mol. The predicted octanol–water partition coefficient (Wildman–Crippen LogP) is 6.98. The van der Waals surface area contributed by atoms with Gasteiger partial charge in [0.1, 0.15) is 0 Å². The van der Waals surface area contributed by atoms with Gasteiger partial charge in [-0.25, -0.2) is 0 Å². The van der Waals surface area contributed by atoms with Gasteiger partial charge in [0.05, 0.1) is 17.1 Å². The van der Waals surface area contributed by atoms with Gasteiger partial charge in [0.15, 0.2) is 0 Å². The second-order valence-electron chi connectivity index (χ2n) is 8.49. The molecule has 3 heteroatoms. The van der Waals surface area contributed by atoms with Crippen LogP contribution in [0.15, 0.2) is 41.2 Å². The molecule has 0 N–H and O–H groups in total. The minimum absolute atomic E-state index is 0.628. The van der Waals surface area contributed by atoms with E-state index in [0.717, 1.165) is 54.8 Å². The van der Waals surface area contributed by atoms with E-state index < -0.39 is 0 Å². The van der Waals surface area contributed by atoms with E-state index in [9.17, 15) is 0 Å². The van der Waals surface area contributed by atoms with Crippen LogP contribution in [0.2, 0.25) is 0 Å². The first kappa shape index (κ1) is 25.7. The van der Waals surface area contributed by atoms with E-state index in [0.29, 0.717) is 6.04 Å². The SMILES string of the molecule is C=C(CC)/C(=C/C)N=C(C)C(=C)N1CCN(C(CCC)CCC)C(CCCC)C1. The molecule has 0 aromatic carbocycles. The molecule has 166 valence electrons. The first-order chi connectivity index (χ1) is 13.9. The van der Waals surface area contributed by atoms with Crippen LogP contribution >= 0.6 is 0 Å². The number of nitrogens with zero attached hydrogens (tertiary/aromatic N) is 3. The quantitative estimate of drug-likeness (QED) is 0.245. The third-order valence-electron chi connectivity index (χ3n) is 6.28. The van der Waals surface area contributed by atoms with Crippen molar-refractivity contribution in [3.8, 4) is 0 Å². The maximum Gasteiger partial charge on any atom is 0.0617 e. The summed E-state index contributed by atoms with van der Waals surface area (Å²) in [6.07, 6.45) is 12.0. The predicted molar refractivity (Wildman–Crippen MR) is 131 cm³/mol. The fraction of sp³-hybridized carbons (Fsp3) is 0.731. The average molecular weight is 402 g/mol. The summed E-state index contributed by atoms with van der Waals surface area (Å²) in [5.74, 6) is 0. The minimum atomic E-state index is 0.628. The van der Waals surface area contributed by atoms with Crippen molar-refractivity contribution < 1.29 is 0 Å². The second kappa shape index (κ2) is 13.8. The highest BCUT2D eigenvalue weighted by Crippen LogP contribution is 2.25. The maximum absolute atomic E-state index is 4.86. The van der Waals surface area contributed by atoms with Crippen LogP contribution in [0.25, 0.3) is 0 Å². The van der Waals surface area contributed by atoms with E-state index in [1.54, 1.807) is 0 Å². The van der Waals surface area contributed by atoms with Crippen LogP contribution in [-0.2, 0) is 0 Å². The summed E-state index contributed by atoms with van der Waals surface area (Å²) in [7, 11) is 0. The molecule has 1 heterocycles. The van der Waals surface area contributed by atoms with Gasteiger partial charge in [0, 0.05) is 31.7 Å². The van der Waals surface area contributed by atoms with E-state index in [1.165, 1.54) is 44.9 Å². The summed E-state index contributed by atoms with van der Waals surface area (Å²) >= 11 is 0. The molecule has 1 aliphatic heterocycles. The van der Waals surface area contributed by atoms with Gasteiger partial charge < -0.3 is 4.90 Å². The summed E-state index contributed by atoms with van der Waals surface area (Å²) in [5.41, 5.74) is 4.19. The van der Waals surface area contributed by atoms with Crippen LogP contribution in [0.5, 0.6) is 0 Å². The lowest BCUT2D eigenvalue weighted by Gasteiger charge is -2.47. The Hall–Kier alpha value is -1.35. The summed E-state index contributed by atoms with van der Waals surface area (Å²) in [6.45, 7) is 25.1. The van der Waals surface area contributed by atoms with Crippen molar-refractivity contribution in [1.29, 1.82) is 0 Å². The maximum atomic E-state index is 4.86. The highest BCUT2D eigenvalue weighted by molar-refractivity contribution is 5.98. The Labute approximate surface area is 181 Å².